The van der Waals surface area contributed by atoms with Crippen LogP contribution in [0.3, 0.4) is 0 Å². The molecule has 1 aromatic carbocycles. The van der Waals surface area contributed by atoms with Gasteiger partial charge in [-0.15, -0.1) is 0 Å². The van der Waals surface area contributed by atoms with Gasteiger partial charge in [0.15, 0.2) is 5.60 Å². The normalized spacial score (nSPS) is 23.3. The Kier molecular flexibility index (Phi) is 3.95. The highest BCUT2D eigenvalue weighted by molar-refractivity contribution is 5.76. The summed E-state index contributed by atoms with van der Waals surface area (Å²) in [5.41, 5.74) is -0.0393. The highest BCUT2D eigenvalue weighted by Gasteiger charge is 2.43. The molecule has 3 nitrogen and oxygen atoms in total. The quantitative estimate of drug-likeness (QED) is 0.781. The van der Waals surface area contributed by atoms with Gasteiger partial charge in [0.2, 0.25) is 0 Å². The zero-order chi connectivity index (χ0) is 13.9. The standard InChI is InChI=1S/C16H22O3/c1-4-15(2,3)14(17)19-16(10-11-18-12-16)13-8-6-5-7-9-13/h5-9H,4,10-12H2,1-3H3. The van der Waals surface area contributed by atoms with Gasteiger partial charge in [0.25, 0.3) is 0 Å². The van der Waals surface area contributed by atoms with Crippen LogP contribution in [-0.2, 0) is 19.9 Å². The Balaban J connectivity index is 2.25. The van der Waals surface area contributed by atoms with Gasteiger partial charge in [-0.05, 0) is 25.8 Å². The third-order valence-electron chi connectivity index (χ3n) is 4.01. The van der Waals surface area contributed by atoms with Crippen molar-refractivity contribution >= 4 is 5.97 Å². The summed E-state index contributed by atoms with van der Waals surface area (Å²) < 4.78 is 11.4. The number of hydrogen-bond donors (Lipinski definition) is 0. The number of rotatable bonds is 4. The summed E-state index contributed by atoms with van der Waals surface area (Å²) in [5, 5.41) is 0. The van der Waals surface area contributed by atoms with Crippen LogP contribution >= 0.6 is 0 Å². The third-order valence-corrected chi connectivity index (χ3v) is 4.01. The van der Waals surface area contributed by atoms with Gasteiger partial charge in [-0.2, -0.15) is 0 Å². The highest BCUT2D eigenvalue weighted by atomic mass is 16.6. The molecule has 0 N–H and O–H groups in total. The molecule has 0 aromatic heterocycles. The minimum atomic E-state index is -0.606. The van der Waals surface area contributed by atoms with E-state index in [4.69, 9.17) is 9.47 Å². The lowest BCUT2D eigenvalue weighted by Crippen LogP contribution is -2.38. The number of carbonyl (C=O) groups is 1. The monoisotopic (exact) mass is 262 g/mol. The molecule has 1 atom stereocenters. The fourth-order valence-electron chi connectivity index (χ4n) is 2.12. The van der Waals surface area contributed by atoms with Crippen LogP contribution in [0.5, 0.6) is 0 Å². The largest absolute Gasteiger partial charge is 0.451 e. The SMILES string of the molecule is CCC(C)(C)C(=O)OC1(c2ccccc2)CCOC1. The van der Waals surface area contributed by atoms with E-state index in [9.17, 15) is 4.79 Å². The van der Waals surface area contributed by atoms with Gasteiger partial charge >= 0.3 is 5.97 Å². The third kappa shape index (κ3) is 2.81. The van der Waals surface area contributed by atoms with Crippen molar-refractivity contribution in [2.45, 2.75) is 39.2 Å². The summed E-state index contributed by atoms with van der Waals surface area (Å²) in [4.78, 5) is 12.4. The van der Waals surface area contributed by atoms with Crippen molar-refractivity contribution in [2.75, 3.05) is 13.2 Å². The van der Waals surface area contributed by atoms with Gasteiger partial charge in [0.1, 0.15) is 0 Å². The molecule has 0 radical (unpaired) electrons. The minimum absolute atomic E-state index is 0.149. The van der Waals surface area contributed by atoms with Crippen LogP contribution < -0.4 is 0 Å². The molecule has 0 spiro atoms. The minimum Gasteiger partial charge on any atom is -0.451 e. The predicted octanol–water partition coefficient (Wildman–Crippen LogP) is 3.28. The maximum atomic E-state index is 12.4. The van der Waals surface area contributed by atoms with Crippen LogP contribution in [0.1, 0.15) is 39.2 Å². The number of ether oxygens (including phenoxy) is 2. The Morgan fingerprint density at radius 1 is 1.37 bits per heavy atom. The van der Waals surface area contributed by atoms with Crippen LogP contribution in [0.2, 0.25) is 0 Å². The smallest absolute Gasteiger partial charge is 0.312 e. The molecule has 0 bridgehead atoms. The molecule has 1 unspecified atom stereocenters. The van der Waals surface area contributed by atoms with E-state index in [1.165, 1.54) is 0 Å². The first kappa shape index (κ1) is 14.1. The van der Waals surface area contributed by atoms with E-state index in [2.05, 4.69) is 0 Å². The molecule has 1 heterocycles. The summed E-state index contributed by atoms with van der Waals surface area (Å²) in [5.74, 6) is -0.149. The van der Waals surface area contributed by atoms with Crippen molar-refractivity contribution < 1.29 is 14.3 Å². The first-order chi connectivity index (χ1) is 9.00. The topological polar surface area (TPSA) is 35.5 Å². The van der Waals surface area contributed by atoms with Crippen LogP contribution in [0.4, 0.5) is 0 Å². The average Bonchev–Trinajstić information content (AvgIpc) is 2.89. The van der Waals surface area contributed by atoms with Crippen LogP contribution in [-0.4, -0.2) is 19.2 Å². The lowest BCUT2D eigenvalue weighted by molar-refractivity contribution is -0.172. The molecule has 0 amide bonds. The molecular formula is C16H22O3. The summed E-state index contributed by atoms with van der Waals surface area (Å²) in [6.45, 7) is 6.92. The molecule has 0 aliphatic carbocycles. The highest BCUT2D eigenvalue weighted by Crippen LogP contribution is 2.37. The van der Waals surface area contributed by atoms with E-state index >= 15 is 0 Å². The molecule has 19 heavy (non-hydrogen) atoms. The molecule has 1 saturated heterocycles. The van der Waals surface area contributed by atoms with Crippen molar-refractivity contribution in [3.63, 3.8) is 0 Å². The molecule has 1 aliphatic rings. The molecule has 0 saturated carbocycles. The lowest BCUT2D eigenvalue weighted by atomic mass is 9.88. The Hall–Kier alpha value is -1.35. The number of carbonyl (C=O) groups excluding carboxylic acids is 1. The van der Waals surface area contributed by atoms with Crippen molar-refractivity contribution in [1.82, 2.24) is 0 Å². The lowest BCUT2D eigenvalue weighted by Gasteiger charge is -2.32. The molecule has 1 aromatic rings. The Morgan fingerprint density at radius 3 is 2.58 bits per heavy atom. The molecule has 104 valence electrons. The summed E-state index contributed by atoms with van der Waals surface area (Å²) >= 11 is 0. The zero-order valence-corrected chi connectivity index (χ0v) is 11.9. The molecular weight excluding hydrogens is 240 g/mol. The summed E-state index contributed by atoms with van der Waals surface area (Å²) in [6, 6.07) is 9.90. The fourth-order valence-corrected chi connectivity index (χ4v) is 2.12. The van der Waals surface area contributed by atoms with Crippen LogP contribution in [0.15, 0.2) is 30.3 Å². The Labute approximate surface area is 114 Å². The van der Waals surface area contributed by atoms with Gasteiger partial charge < -0.3 is 9.47 Å². The molecule has 3 heteroatoms. The van der Waals surface area contributed by atoms with Crippen molar-refractivity contribution in [2.24, 2.45) is 5.41 Å². The second kappa shape index (κ2) is 5.33. The van der Waals surface area contributed by atoms with Crippen LogP contribution in [0.25, 0.3) is 0 Å². The maximum absolute atomic E-state index is 12.4. The number of benzene rings is 1. The van der Waals surface area contributed by atoms with E-state index in [1.807, 2.05) is 51.1 Å². The Morgan fingerprint density at radius 2 is 2.05 bits per heavy atom. The predicted molar refractivity (Wildman–Crippen MR) is 73.7 cm³/mol. The number of esters is 1. The molecule has 1 aliphatic heterocycles. The first-order valence-electron chi connectivity index (χ1n) is 6.87. The van der Waals surface area contributed by atoms with E-state index in [1.54, 1.807) is 0 Å². The number of hydrogen-bond acceptors (Lipinski definition) is 3. The van der Waals surface area contributed by atoms with Gasteiger partial charge in [-0.25, -0.2) is 0 Å². The Bertz CT molecular complexity index is 431. The van der Waals surface area contributed by atoms with Gasteiger partial charge in [0.05, 0.1) is 18.6 Å². The van der Waals surface area contributed by atoms with Crippen LogP contribution in [0, 0.1) is 5.41 Å². The van der Waals surface area contributed by atoms with Gasteiger partial charge in [-0.1, -0.05) is 37.3 Å². The van der Waals surface area contributed by atoms with E-state index < -0.39 is 11.0 Å². The fraction of sp³-hybridized carbons (Fsp3) is 0.562. The zero-order valence-electron chi connectivity index (χ0n) is 11.9. The molecule has 2 rings (SSSR count). The van der Waals surface area contributed by atoms with Crippen molar-refractivity contribution in [3.05, 3.63) is 35.9 Å². The maximum Gasteiger partial charge on any atom is 0.312 e. The van der Waals surface area contributed by atoms with E-state index in [0.717, 1.165) is 18.4 Å². The summed E-state index contributed by atoms with van der Waals surface area (Å²) in [6.07, 6.45) is 1.49. The second-order valence-corrected chi connectivity index (χ2v) is 5.79. The van der Waals surface area contributed by atoms with E-state index in [-0.39, 0.29) is 5.97 Å². The van der Waals surface area contributed by atoms with Gasteiger partial charge in [-0.3, -0.25) is 4.79 Å². The van der Waals surface area contributed by atoms with Crippen molar-refractivity contribution in [1.29, 1.82) is 0 Å². The summed E-state index contributed by atoms with van der Waals surface area (Å²) in [7, 11) is 0. The van der Waals surface area contributed by atoms with Gasteiger partial charge in [0, 0.05) is 6.42 Å². The average molecular weight is 262 g/mol. The molecule has 1 fully saturated rings. The van der Waals surface area contributed by atoms with E-state index in [0.29, 0.717) is 13.2 Å². The second-order valence-electron chi connectivity index (χ2n) is 5.79. The first-order valence-corrected chi connectivity index (χ1v) is 6.87. The van der Waals surface area contributed by atoms with Crippen molar-refractivity contribution in [3.8, 4) is 0 Å².